The third kappa shape index (κ3) is 5.23. The van der Waals surface area contributed by atoms with Crippen molar-refractivity contribution in [3.05, 3.63) is 0 Å². The minimum absolute atomic E-state index is 0.0516. The number of rotatable bonds is 7. The lowest BCUT2D eigenvalue weighted by molar-refractivity contribution is -0.137. The lowest BCUT2D eigenvalue weighted by Gasteiger charge is -2.37. The Morgan fingerprint density at radius 2 is 1.92 bits per heavy atom. The van der Waals surface area contributed by atoms with E-state index in [0.717, 1.165) is 6.42 Å². The minimum Gasteiger partial charge on any atom is -0.480 e. The number of carbonyl (C=O) groups excluding carboxylic acids is 2. The van der Waals surface area contributed by atoms with Crippen LogP contribution in [0.25, 0.3) is 0 Å². The van der Waals surface area contributed by atoms with Crippen LogP contribution in [-0.2, 0) is 14.3 Å². The van der Waals surface area contributed by atoms with E-state index in [1.54, 1.807) is 4.90 Å². The van der Waals surface area contributed by atoms with Gasteiger partial charge in [0.15, 0.2) is 5.96 Å². The van der Waals surface area contributed by atoms with Crippen LogP contribution in [0.15, 0.2) is 4.99 Å². The van der Waals surface area contributed by atoms with Crippen LogP contribution in [0, 0.1) is 0 Å². The number of carboxylic acid groups (broad SMARTS) is 1. The van der Waals surface area contributed by atoms with Gasteiger partial charge in [-0.25, -0.2) is 4.79 Å². The average Bonchev–Trinajstić information content (AvgIpc) is 2.82. The molecule has 0 aromatic heterocycles. The number of ether oxygens (including phenoxy) is 1. The number of piperidine rings is 1. The largest absolute Gasteiger partial charge is 0.480 e. The minimum atomic E-state index is -1.07. The second kappa shape index (κ2) is 8.04. The number of carbonyl (C=O) groups is 3. The monoisotopic (exact) mass is 355 g/mol. The molecular formula is C15H25N5O5. The van der Waals surface area contributed by atoms with E-state index in [2.05, 4.69) is 4.99 Å². The number of hydrogen-bond donors (Lipinski definition) is 3. The molecule has 10 heteroatoms. The summed E-state index contributed by atoms with van der Waals surface area (Å²) < 4.78 is 5.41. The highest BCUT2D eigenvalue weighted by atomic mass is 16.6. The van der Waals surface area contributed by atoms with E-state index < -0.39 is 17.7 Å². The normalized spacial score (nSPS) is 19.0. The van der Waals surface area contributed by atoms with E-state index >= 15 is 0 Å². The number of carboxylic acids is 1. The smallest absolute Gasteiger partial charge is 0.411 e. The van der Waals surface area contributed by atoms with Gasteiger partial charge in [-0.2, -0.15) is 0 Å². The lowest BCUT2D eigenvalue weighted by atomic mass is 9.91. The van der Waals surface area contributed by atoms with E-state index in [1.807, 2.05) is 0 Å². The van der Waals surface area contributed by atoms with Gasteiger partial charge in [0.1, 0.15) is 12.1 Å². The molecule has 0 bridgehead atoms. The third-order valence-corrected chi connectivity index (χ3v) is 4.49. The zero-order valence-electron chi connectivity index (χ0n) is 14.1. The van der Waals surface area contributed by atoms with Crippen molar-refractivity contribution in [1.82, 2.24) is 9.80 Å². The van der Waals surface area contributed by atoms with E-state index in [4.69, 9.17) is 21.3 Å². The molecule has 5 N–H and O–H groups in total. The summed E-state index contributed by atoms with van der Waals surface area (Å²) in [5.74, 6) is -0.954. The molecule has 0 saturated carbocycles. The maximum absolute atomic E-state index is 12.2. The quantitative estimate of drug-likeness (QED) is 0.311. The van der Waals surface area contributed by atoms with Gasteiger partial charge < -0.3 is 26.2 Å². The summed E-state index contributed by atoms with van der Waals surface area (Å²) in [6, 6.07) is 0. The SMILES string of the molecule is NC(N)=NCCCCC(=O)N1CCC2(CC1)CN(CC(=O)O)C(=O)O2. The molecule has 0 aromatic rings. The van der Waals surface area contributed by atoms with Crippen LogP contribution in [0.1, 0.15) is 32.1 Å². The van der Waals surface area contributed by atoms with Gasteiger partial charge in [-0.05, 0) is 12.8 Å². The molecule has 2 rings (SSSR count). The Kier molecular flexibility index (Phi) is 6.05. The van der Waals surface area contributed by atoms with Crippen molar-refractivity contribution in [2.45, 2.75) is 37.7 Å². The van der Waals surface area contributed by atoms with E-state index in [-0.39, 0.29) is 25.0 Å². The van der Waals surface area contributed by atoms with Crippen LogP contribution in [-0.4, -0.2) is 77.2 Å². The molecule has 2 fully saturated rings. The average molecular weight is 355 g/mol. The van der Waals surface area contributed by atoms with Crippen molar-refractivity contribution < 1.29 is 24.2 Å². The van der Waals surface area contributed by atoms with Gasteiger partial charge in [0.2, 0.25) is 5.91 Å². The molecule has 2 heterocycles. The highest BCUT2D eigenvalue weighted by molar-refractivity contribution is 5.79. The van der Waals surface area contributed by atoms with Crippen molar-refractivity contribution in [2.75, 3.05) is 32.7 Å². The third-order valence-electron chi connectivity index (χ3n) is 4.49. The number of unbranched alkanes of at least 4 members (excludes halogenated alkanes) is 1. The lowest BCUT2D eigenvalue weighted by Crippen LogP contribution is -2.48. The molecule has 2 amide bonds. The van der Waals surface area contributed by atoms with E-state index in [9.17, 15) is 14.4 Å². The molecule has 2 aliphatic rings. The summed E-state index contributed by atoms with van der Waals surface area (Å²) in [7, 11) is 0. The molecule has 0 atom stereocenters. The van der Waals surface area contributed by atoms with Gasteiger partial charge >= 0.3 is 12.1 Å². The van der Waals surface area contributed by atoms with Gasteiger partial charge in [0, 0.05) is 38.9 Å². The Morgan fingerprint density at radius 3 is 2.52 bits per heavy atom. The number of hydrogen-bond acceptors (Lipinski definition) is 5. The van der Waals surface area contributed by atoms with Crippen molar-refractivity contribution in [3.63, 3.8) is 0 Å². The summed E-state index contributed by atoms with van der Waals surface area (Å²) in [5, 5.41) is 8.82. The van der Waals surface area contributed by atoms with Gasteiger partial charge in [-0.3, -0.25) is 19.5 Å². The number of aliphatic carboxylic acids is 1. The molecule has 2 saturated heterocycles. The fourth-order valence-corrected chi connectivity index (χ4v) is 3.16. The maximum atomic E-state index is 12.2. The molecule has 1 spiro atoms. The van der Waals surface area contributed by atoms with Gasteiger partial charge in [-0.1, -0.05) is 0 Å². The first kappa shape index (κ1) is 18.8. The summed E-state index contributed by atoms with van der Waals surface area (Å²) in [6.45, 7) is 1.41. The number of nitrogens with two attached hydrogens (primary N) is 2. The molecule has 25 heavy (non-hydrogen) atoms. The Labute approximate surface area is 145 Å². The highest BCUT2D eigenvalue weighted by Crippen LogP contribution is 2.33. The highest BCUT2D eigenvalue weighted by Gasteiger charge is 2.47. The summed E-state index contributed by atoms with van der Waals surface area (Å²) >= 11 is 0. The molecule has 0 radical (unpaired) electrons. The van der Waals surface area contributed by atoms with Crippen LogP contribution in [0.2, 0.25) is 0 Å². The molecule has 0 aliphatic carbocycles. The van der Waals surface area contributed by atoms with Crippen LogP contribution < -0.4 is 11.5 Å². The number of guanidine groups is 1. The molecule has 10 nitrogen and oxygen atoms in total. The first-order chi connectivity index (χ1) is 11.8. The number of nitrogens with zero attached hydrogens (tertiary/aromatic N) is 3. The number of amides is 2. The second-order valence-corrected chi connectivity index (χ2v) is 6.45. The molecule has 140 valence electrons. The fraction of sp³-hybridized carbons (Fsp3) is 0.733. The van der Waals surface area contributed by atoms with Crippen molar-refractivity contribution in [2.24, 2.45) is 16.5 Å². The zero-order chi connectivity index (χ0) is 18.4. The Morgan fingerprint density at radius 1 is 1.24 bits per heavy atom. The number of likely N-dealkylation sites (tertiary alicyclic amines) is 1. The van der Waals surface area contributed by atoms with Crippen LogP contribution in [0.5, 0.6) is 0 Å². The standard InChI is InChI=1S/C15H25N5O5/c16-13(17)18-6-2-1-3-11(21)19-7-4-15(5-8-19)10-20(9-12(22)23)14(24)25-15/h1-10H2,(H,22,23)(H4,16,17,18). The fourth-order valence-electron chi connectivity index (χ4n) is 3.16. The van der Waals surface area contributed by atoms with Crippen molar-refractivity contribution in [3.8, 4) is 0 Å². The topological polar surface area (TPSA) is 152 Å². The van der Waals surface area contributed by atoms with E-state index in [1.165, 1.54) is 4.90 Å². The van der Waals surface area contributed by atoms with Crippen molar-refractivity contribution >= 4 is 23.9 Å². The summed E-state index contributed by atoms with van der Waals surface area (Å²) in [6.07, 6.45) is 2.32. The Bertz CT molecular complexity index is 553. The predicted octanol–water partition coefficient (Wildman–Crippen LogP) is -0.672. The van der Waals surface area contributed by atoms with Crippen LogP contribution >= 0.6 is 0 Å². The Hall–Kier alpha value is -2.52. The Balaban J connectivity index is 1.74. The number of aliphatic imine (C=N–C) groups is 1. The van der Waals surface area contributed by atoms with Crippen molar-refractivity contribution in [1.29, 1.82) is 0 Å². The van der Waals surface area contributed by atoms with Gasteiger partial charge in [-0.15, -0.1) is 0 Å². The van der Waals surface area contributed by atoms with Crippen LogP contribution in [0.4, 0.5) is 4.79 Å². The van der Waals surface area contributed by atoms with E-state index in [0.29, 0.717) is 45.3 Å². The van der Waals surface area contributed by atoms with Gasteiger partial charge in [0.05, 0.1) is 6.54 Å². The summed E-state index contributed by atoms with van der Waals surface area (Å²) in [4.78, 5) is 41.6. The van der Waals surface area contributed by atoms with Crippen LogP contribution in [0.3, 0.4) is 0 Å². The first-order valence-corrected chi connectivity index (χ1v) is 8.34. The van der Waals surface area contributed by atoms with Gasteiger partial charge in [0.25, 0.3) is 0 Å². The molecule has 2 aliphatic heterocycles. The molecule has 0 unspecified atom stereocenters. The zero-order valence-corrected chi connectivity index (χ0v) is 14.1. The maximum Gasteiger partial charge on any atom is 0.411 e. The summed E-state index contributed by atoms with van der Waals surface area (Å²) in [5.41, 5.74) is 9.80. The molecule has 0 aromatic carbocycles. The second-order valence-electron chi connectivity index (χ2n) is 6.45. The molecular weight excluding hydrogens is 330 g/mol. The predicted molar refractivity (Wildman–Crippen MR) is 88.8 cm³/mol. The first-order valence-electron chi connectivity index (χ1n) is 8.34.